The largest absolute Gasteiger partial charge is 0.350 e. The molecule has 0 N–H and O–H groups in total. The summed E-state index contributed by atoms with van der Waals surface area (Å²) in [6.45, 7) is 0.701. The fraction of sp³-hybridized carbons (Fsp3) is 0.105. The van der Waals surface area contributed by atoms with Gasteiger partial charge in [-0.05, 0) is 16.6 Å². The molecule has 0 unspecified atom stereocenters. The van der Waals surface area contributed by atoms with Gasteiger partial charge < -0.3 is 4.57 Å². The van der Waals surface area contributed by atoms with Gasteiger partial charge in [0.1, 0.15) is 7.85 Å². The predicted molar refractivity (Wildman–Crippen MR) is 90.9 cm³/mol. The highest BCUT2D eigenvalue weighted by molar-refractivity contribution is 6.32. The number of nitrogens with zero attached hydrogens (tertiary/aromatic N) is 1. The summed E-state index contributed by atoms with van der Waals surface area (Å²) in [4.78, 5) is 12.2. The third-order valence-corrected chi connectivity index (χ3v) is 3.63. The fourth-order valence-electron chi connectivity index (χ4n) is 2.55. The Morgan fingerprint density at radius 3 is 2.05 bits per heavy atom. The van der Waals surface area contributed by atoms with Crippen LogP contribution in [0.2, 0.25) is 0 Å². The Bertz CT molecular complexity index is 810. The van der Waals surface area contributed by atoms with Crippen molar-refractivity contribution in [3.63, 3.8) is 0 Å². The van der Waals surface area contributed by atoms with Crippen LogP contribution in [0.15, 0.2) is 77.9 Å². The van der Waals surface area contributed by atoms with Gasteiger partial charge in [0, 0.05) is 30.9 Å². The highest BCUT2D eigenvalue weighted by Crippen LogP contribution is 2.07. The predicted octanol–water partition coefficient (Wildman–Crippen LogP) is 2.28. The second kappa shape index (κ2) is 6.48. The molecule has 0 aliphatic heterocycles. The van der Waals surface area contributed by atoms with Crippen LogP contribution in [0.4, 0.5) is 0 Å². The van der Waals surface area contributed by atoms with E-state index in [9.17, 15) is 4.79 Å². The van der Waals surface area contributed by atoms with E-state index < -0.39 is 0 Å². The van der Waals surface area contributed by atoms with Gasteiger partial charge in [0.25, 0.3) is 0 Å². The summed E-state index contributed by atoms with van der Waals surface area (Å²) in [6, 6.07) is 20.1. The van der Waals surface area contributed by atoms with Crippen LogP contribution < -0.4 is 10.9 Å². The molecule has 0 aliphatic rings. The summed E-state index contributed by atoms with van der Waals surface area (Å²) < 4.78 is 1.98. The molecule has 0 bridgehead atoms. The number of aromatic nitrogens is 1. The number of benzene rings is 2. The van der Waals surface area contributed by atoms with Crippen molar-refractivity contribution >= 4 is 13.3 Å². The molecule has 0 amide bonds. The van der Waals surface area contributed by atoms with Crippen LogP contribution in [0.3, 0.4) is 0 Å². The lowest BCUT2D eigenvalue weighted by Gasteiger charge is -2.11. The maximum atomic E-state index is 12.2. The van der Waals surface area contributed by atoms with E-state index in [2.05, 4.69) is 12.1 Å². The molecule has 2 radical (unpaired) electrons. The van der Waals surface area contributed by atoms with Gasteiger partial charge in [-0.1, -0.05) is 60.7 Å². The second-order valence-corrected chi connectivity index (χ2v) is 5.39. The smallest absolute Gasteiger partial charge is 0.178 e. The summed E-state index contributed by atoms with van der Waals surface area (Å²) in [5.41, 5.74) is 3.23. The van der Waals surface area contributed by atoms with E-state index in [0.29, 0.717) is 18.4 Å². The van der Waals surface area contributed by atoms with Crippen molar-refractivity contribution in [2.75, 3.05) is 0 Å². The van der Waals surface area contributed by atoms with Crippen molar-refractivity contribution < 1.29 is 0 Å². The number of hydrogen-bond acceptors (Lipinski definition) is 1. The standard InChI is InChI=1S/C19H16BNO/c20-18-14-21(12-16-9-5-2-6-10-16)13-17(19(18)22)11-15-7-3-1-4-8-15/h1-10,13-14H,11-12H2. The van der Waals surface area contributed by atoms with Crippen LogP contribution in [0.1, 0.15) is 16.7 Å². The van der Waals surface area contributed by atoms with Gasteiger partial charge in [0.15, 0.2) is 5.43 Å². The molecule has 0 saturated heterocycles. The molecule has 3 aromatic rings. The Labute approximate surface area is 131 Å². The normalized spacial score (nSPS) is 10.5. The fourth-order valence-corrected chi connectivity index (χ4v) is 2.55. The molecule has 1 aromatic heterocycles. The first kappa shape index (κ1) is 14.4. The quantitative estimate of drug-likeness (QED) is 0.674. The van der Waals surface area contributed by atoms with Gasteiger partial charge in [-0.3, -0.25) is 4.79 Å². The van der Waals surface area contributed by atoms with E-state index in [0.717, 1.165) is 11.1 Å². The molecule has 0 saturated carbocycles. The minimum Gasteiger partial charge on any atom is -0.350 e. The molecule has 0 spiro atoms. The van der Waals surface area contributed by atoms with Crippen molar-refractivity contribution in [3.8, 4) is 0 Å². The summed E-state index contributed by atoms with van der Waals surface area (Å²) in [6.07, 6.45) is 4.21. The lowest BCUT2D eigenvalue weighted by atomic mass is 9.94. The van der Waals surface area contributed by atoms with Gasteiger partial charge in [-0.25, -0.2) is 0 Å². The molecule has 106 valence electrons. The third-order valence-electron chi connectivity index (χ3n) is 3.63. The van der Waals surface area contributed by atoms with Crippen molar-refractivity contribution in [2.45, 2.75) is 13.0 Å². The Balaban J connectivity index is 1.92. The molecule has 3 rings (SSSR count). The summed E-state index contributed by atoms with van der Waals surface area (Å²) >= 11 is 0. The highest BCUT2D eigenvalue weighted by atomic mass is 16.1. The van der Waals surface area contributed by atoms with Crippen LogP contribution in [-0.4, -0.2) is 12.4 Å². The van der Waals surface area contributed by atoms with Gasteiger partial charge in [-0.2, -0.15) is 0 Å². The van der Waals surface area contributed by atoms with Crippen molar-refractivity contribution in [3.05, 3.63) is 100.0 Å². The first-order valence-corrected chi connectivity index (χ1v) is 7.28. The summed E-state index contributed by atoms with van der Waals surface area (Å²) in [5.74, 6) is 0. The van der Waals surface area contributed by atoms with Crippen LogP contribution in [0.25, 0.3) is 0 Å². The van der Waals surface area contributed by atoms with E-state index in [1.54, 1.807) is 6.20 Å². The Morgan fingerprint density at radius 2 is 1.41 bits per heavy atom. The number of pyridine rings is 1. The molecular weight excluding hydrogens is 269 g/mol. The Morgan fingerprint density at radius 1 is 0.818 bits per heavy atom. The maximum Gasteiger partial charge on any atom is 0.178 e. The van der Waals surface area contributed by atoms with Gasteiger partial charge in [0.05, 0.1) is 0 Å². The topological polar surface area (TPSA) is 22.0 Å². The summed E-state index contributed by atoms with van der Waals surface area (Å²) in [5, 5.41) is 0. The number of rotatable bonds is 4. The lowest BCUT2D eigenvalue weighted by Crippen LogP contribution is -2.31. The van der Waals surface area contributed by atoms with Crippen molar-refractivity contribution in [2.24, 2.45) is 0 Å². The molecule has 3 heteroatoms. The average molecular weight is 285 g/mol. The Kier molecular flexibility index (Phi) is 4.24. The second-order valence-electron chi connectivity index (χ2n) is 5.39. The van der Waals surface area contributed by atoms with Crippen LogP contribution in [0, 0.1) is 0 Å². The first-order valence-electron chi connectivity index (χ1n) is 7.28. The van der Waals surface area contributed by atoms with Crippen molar-refractivity contribution in [1.82, 2.24) is 4.57 Å². The minimum absolute atomic E-state index is 0.0758. The molecule has 1 heterocycles. The van der Waals surface area contributed by atoms with Gasteiger partial charge in [-0.15, -0.1) is 0 Å². The zero-order valence-electron chi connectivity index (χ0n) is 12.3. The van der Waals surface area contributed by atoms with E-state index in [1.165, 1.54) is 5.56 Å². The molecule has 2 aromatic carbocycles. The monoisotopic (exact) mass is 285 g/mol. The highest BCUT2D eigenvalue weighted by Gasteiger charge is 2.06. The molecule has 0 aliphatic carbocycles. The zero-order valence-corrected chi connectivity index (χ0v) is 12.3. The van der Waals surface area contributed by atoms with Crippen LogP contribution in [-0.2, 0) is 13.0 Å². The SMILES string of the molecule is [B]c1cn(Cc2ccccc2)cc(Cc2ccccc2)c1=O. The van der Waals surface area contributed by atoms with Gasteiger partial charge in [0.2, 0.25) is 0 Å². The van der Waals surface area contributed by atoms with Crippen LogP contribution >= 0.6 is 0 Å². The van der Waals surface area contributed by atoms with E-state index in [-0.39, 0.29) is 5.43 Å². The van der Waals surface area contributed by atoms with Crippen molar-refractivity contribution in [1.29, 1.82) is 0 Å². The molecular formula is C19H16BNO. The Hall–Kier alpha value is -2.55. The first-order chi connectivity index (χ1) is 10.7. The van der Waals surface area contributed by atoms with E-state index in [1.807, 2.05) is 59.3 Å². The molecule has 0 atom stereocenters. The van der Waals surface area contributed by atoms with E-state index in [4.69, 9.17) is 7.85 Å². The number of hydrogen-bond donors (Lipinski definition) is 0. The van der Waals surface area contributed by atoms with E-state index >= 15 is 0 Å². The zero-order chi connectivity index (χ0) is 15.4. The lowest BCUT2D eigenvalue weighted by molar-refractivity contribution is 0.783. The van der Waals surface area contributed by atoms with Crippen LogP contribution in [0.5, 0.6) is 0 Å². The van der Waals surface area contributed by atoms with Gasteiger partial charge >= 0.3 is 0 Å². The molecule has 2 nitrogen and oxygen atoms in total. The molecule has 22 heavy (non-hydrogen) atoms. The summed E-state index contributed by atoms with van der Waals surface area (Å²) in [7, 11) is 5.90. The third kappa shape index (κ3) is 3.37. The maximum absolute atomic E-state index is 12.2. The minimum atomic E-state index is -0.0758. The average Bonchev–Trinajstić information content (AvgIpc) is 2.54. The molecule has 0 fully saturated rings.